The Hall–Kier alpha value is -3.81. The van der Waals surface area contributed by atoms with E-state index in [1.165, 1.54) is 11.3 Å². The van der Waals surface area contributed by atoms with Crippen molar-refractivity contribution in [3.63, 3.8) is 0 Å². The highest BCUT2D eigenvalue weighted by Gasteiger charge is 2.26. The number of fused-ring (bicyclic) bond motifs is 2. The number of nitrogens with zero attached hydrogens (tertiary/aromatic N) is 4. The summed E-state index contributed by atoms with van der Waals surface area (Å²) in [5.74, 6) is 1.82. The van der Waals surface area contributed by atoms with Gasteiger partial charge in [-0.25, -0.2) is 0 Å². The standard InChI is InChI=1S/C22H23N7O/c1-30-19-9-5-3-7-15(19)12-29-13-16(10-14-6-2-4-8-18(14)29)25-20-17-11-24-28-21(17)27-22(23)26-20/h2-9,11,16H,10,12-13H2,1H3,(H4,23,24,25,26,27,28). The number of rotatable bonds is 5. The first-order valence-electron chi connectivity index (χ1n) is 9.89. The minimum absolute atomic E-state index is 0.155. The number of aromatic amines is 1. The number of nitrogens with two attached hydrogens (primary N) is 1. The number of aromatic nitrogens is 4. The summed E-state index contributed by atoms with van der Waals surface area (Å²) in [6, 6.07) is 16.8. The number of H-pyrrole nitrogens is 1. The number of anilines is 3. The van der Waals surface area contributed by atoms with Crippen LogP contribution in [0.1, 0.15) is 11.1 Å². The molecule has 0 aliphatic carbocycles. The van der Waals surface area contributed by atoms with E-state index in [1.54, 1.807) is 13.3 Å². The van der Waals surface area contributed by atoms with Gasteiger partial charge in [0.05, 0.1) is 18.7 Å². The van der Waals surface area contributed by atoms with E-state index >= 15 is 0 Å². The van der Waals surface area contributed by atoms with E-state index in [-0.39, 0.29) is 12.0 Å². The van der Waals surface area contributed by atoms with Gasteiger partial charge in [-0.1, -0.05) is 36.4 Å². The molecule has 1 unspecified atom stereocenters. The number of hydrogen-bond donors (Lipinski definition) is 3. The lowest BCUT2D eigenvalue weighted by Crippen LogP contribution is -2.42. The molecule has 1 atom stereocenters. The van der Waals surface area contributed by atoms with E-state index in [2.05, 4.69) is 60.7 Å². The average Bonchev–Trinajstić information content (AvgIpc) is 3.23. The van der Waals surface area contributed by atoms with E-state index in [9.17, 15) is 0 Å². The summed E-state index contributed by atoms with van der Waals surface area (Å²) in [7, 11) is 1.71. The Morgan fingerprint density at radius 3 is 2.90 bits per heavy atom. The summed E-state index contributed by atoms with van der Waals surface area (Å²) < 4.78 is 5.57. The first kappa shape index (κ1) is 18.2. The SMILES string of the molecule is COc1ccccc1CN1CC(Nc2nc(N)nc3[nH]ncc23)Cc2ccccc21. The molecular weight excluding hydrogens is 378 g/mol. The second-order valence-corrected chi connectivity index (χ2v) is 7.43. The van der Waals surface area contributed by atoms with E-state index in [1.807, 2.05) is 18.2 Å². The third kappa shape index (κ3) is 3.36. The Labute approximate surface area is 174 Å². The molecule has 0 spiro atoms. The number of methoxy groups -OCH3 is 1. The highest BCUT2D eigenvalue weighted by molar-refractivity contribution is 5.87. The number of benzene rings is 2. The predicted octanol–water partition coefficient (Wildman–Crippen LogP) is 2.99. The zero-order chi connectivity index (χ0) is 20.5. The largest absolute Gasteiger partial charge is 0.496 e. The maximum absolute atomic E-state index is 5.89. The first-order chi connectivity index (χ1) is 14.7. The molecule has 2 aromatic carbocycles. The molecular formula is C22H23N7O. The highest BCUT2D eigenvalue weighted by Crippen LogP contribution is 2.32. The van der Waals surface area contributed by atoms with Gasteiger partial charge in [-0.2, -0.15) is 15.1 Å². The normalized spacial score (nSPS) is 15.8. The van der Waals surface area contributed by atoms with Crippen LogP contribution >= 0.6 is 0 Å². The van der Waals surface area contributed by atoms with Gasteiger partial charge < -0.3 is 20.7 Å². The van der Waals surface area contributed by atoms with Crippen molar-refractivity contribution in [3.05, 3.63) is 65.9 Å². The molecule has 152 valence electrons. The molecule has 0 amide bonds. The monoisotopic (exact) mass is 401 g/mol. The summed E-state index contributed by atoms with van der Waals surface area (Å²) in [4.78, 5) is 11.0. The van der Waals surface area contributed by atoms with Crippen LogP contribution in [0.4, 0.5) is 17.5 Å². The topological polar surface area (TPSA) is 105 Å². The van der Waals surface area contributed by atoms with Crippen LogP contribution in [0, 0.1) is 0 Å². The molecule has 0 fully saturated rings. The molecule has 8 heteroatoms. The molecule has 30 heavy (non-hydrogen) atoms. The maximum Gasteiger partial charge on any atom is 0.224 e. The smallest absolute Gasteiger partial charge is 0.224 e. The molecule has 0 bridgehead atoms. The van der Waals surface area contributed by atoms with Crippen molar-refractivity contribution in [1.82, 2.24) is 20.2 Å². The lowest BCUT2D eigenvalue weighted by molar-refractivity contribution is 0.409. The number of para-hydroxylation sites is 2. The third-order valence-corrected chi connectivity index (χ3v) is 5.46. The number of nitrogens with one attached hydrogen (secondary N) is 2. The van der Waals surface area contributed by atoms with Gasteiger partial charge in [-0.3, -0.25) is 5.10 Å². The van der Waals surface area contributed by atoms with E-state index in [0.717, 1.165) is 36.2 Å². The molecule has 0 saturated heterocycles. The van der Waals surface area contributed by atoms with Crippen LogP contribution in [0.3, 0.4) is 0 Å². The van der Waals surface area contributed by atoms with E-state index in [0.29, 0.717) is 11.5 Å². The zero-order valence-electron chi connectivity index (χ0n) is 16.7. The fourth-order valence-electron chi connectivity index (χ4n) is 4.13. The lowest BCUT2D eigenvalue weighted by Gasteiger charge is -2.37. The summed E-state index contributed by atoms with van der Waals surface area (Å²) in [6.45, 7) is 1.57. The number of hydrogen-bond acceptors (Lipinski definition) is 7. The second kappa shape index (κ2) is 7.55. The molecule has 4 aromatic rings. The fraction of sp³-hybridized carbons (Fsp3) is 0.227. The molecule has 1 aliphatic heterocycles. The Bertz CT molecular complexity index is 1190. The molecule has 0 saturated carbocycles. The van der Waals surface area contributed by atoms with Crippen molar-refractivity contribution in [2.75, 3.05) is 29.6 Å². The van der Waals surface area contributed by atoms with E-state index < -0.39 is 0 Å². The Balaban J connectivity index is 1.46. The minimum atomic E-state index is 0.155. The van der Waals surface area contributed by atoms with Gasteiger partial charge in [0.2, 0.25) is 5.95 Å². The lowest BCUT2D eigenvalue weighted by atomic mass is 9.97. The molecule has 0 radical (unpaired) electrons. The van der Waals surface area contributed by atoms with Gasteiger partial charge in [0.25, 0.3) is 0 Å². The molecule has 1 aliphatic rings. The van der Waals surface area contributed by atoms with Crippen LogP contribution in [0.25, 0.3) is 11.0 Å². The molecule has 5 rings (SSSR count). The van der Waals surface area contributed by atoms with Crippen LogP contribution < -0.4 is 20.7 Å². The average molecular weight is 401 g/mol. The van der Waals surface area contributed by atoms with E-state index in [4.69, 9.17) is 10.5 Å². The summed E-state index contributed by atoms with van der Waals surface area (Å²) in [6.07, 6.45) is 2.61. The van der Waals surface area contributed by atoms with Crippen LogP contribution in [0.15, 0.2) is 54.7 Å². The fourth-order valence-corrected chi connectivity index (χ4v) is 4.13. The summed E-state index contributed by atoms with van der Waals surface area (Å²) in [5.41, 5.74) is 10.2. The molecule has 2 aromatic heterocycles. The summed E-state index contributed by atoms with van der Waals surface area (Å²) >= 11 is 0. The quantitative estimate of drug-likeness (QED) is 0.472. The first-order valence-corrected chi connectivity index (χ1v) is 9.89. The number of ether oxygens (including phenoxy) is 1. The highest BCUT2D eigenvalue weighted by atomic mass is 16.5. The van der Waals surface area contributed by atoms with Gasteiger partial charge in [0.15, 0.2) is 5.65 Å². The molecule has 3 heterocycles. The summed E-state index contributed by atoms with van der Waals surface area (Å²) in [5, 5.41) is 11.3. The Morgan fingerprint density at radius 1 is 1.17 bits per heavy atom. The van der Waals surface area contributed by atoms with Gasteiger partial charge in [-0.05, 0) is 24.1 Å². The second-order valence-electron chi connectivity index (χ2n) is 7.43. The van der Waals surface area contributed by atoms with Crippen molar-refractivity contribution in [3.8, 4) is 5.75 Å². The van der Waals surface area contributed by atoms with Gasteiger partial charge in [0.1, 0.15) is 11.6 Å². The van der Waals surface area contributed by atoms with Gasteiger partial charge in [0, 0.05) is 30.4 Å². The minimum Gasteiger partial charge on any atom is -0.496 e. The van der Waals surface area contributed by atoms with Gasteiger partial charge in [-0.15, -0.1) is 0 Å². The Kier molecular flexibility index (Phi) is 4.59. The predicted molar refractivity (Wildman–Crippen MR) is 118 cm³/mol. The molecule has 4 N–H and O–H groups in total. The Morgan fingerprint density at radius 2 is 2.00 bits per heavy atom. The van der Waals surface area contributed by atoms with Crippen molar-refractivity contribution >= 4 is 28.5 Å². The molecule has 8 nitrogen and oxygen atoms in total. The van der Waals surface area contributed by atoms with Crippen molar-refractivity contribution in [2.24, 2.45) is 0 Å². The number of nitrogen functional groups attached to an aromatic ring is 1. The van der Waals surface area contributed by atoms with Gasteiger partial charge >= 0.3 is 0 Å². The third-order valence-electron chi connectivity index (χ3n) is 5.46. The van der Waals surface area contributed by atoms with Crippen LogP contribution in [-0.2, 0) is 13.0 Å². The van der Waals surface area contributed by atoms with Crippen molar-refractivity contribution in [1.29, 1.82) is 0 Å². The van der Waals surface area contributed by atoms with Crippen molar-refractivity contribution in [2.45, 2.75) is 19.0 Å². The van der Waals surface area contributed by atoms with Crippen LogP contribution in [0.2, 0.25) is 0 Å². The van der Waals surface area contributed by atoms with Crippen LogP contribution in [0.5, 0.6) is 5.75 Å². The van der Waals surface area contributed by atoms with Crippen LogP contribution in [-0.4, -0.2) is 39.9 Å². The zero-order valence-corrected chi connectivity index (χ0v) is 16.7. The maximum atomic E-state index is 5.89. The van der Waals surface area contributed by atoms with Crippen molar-refractivity contribution < 1.29 is 4.74 Å².